The van der Waals surface area contributed by atoms with E-state index < -0.39 is 0 Å². The Balaban J connectivity index is 2.06. The Morgan fingerprint density at radius 2 is 2.42 bits per heavy atom. The van der Waals surface area contributed by atoms with Crippen LogP contribution in [0.3, 0.4) is 0 Å². The standard InChI is InChI=1S/C9H18O2S/c1-7(10)4-6-12-9-3-5-11-8(9)2/h7-10H,3-6H2,1-2H3. The third-order valence-corrected chi connectivity index (χ3v) is 3.69. The van der Waals surface area contributed by atoms with E-state index in [0.717, 1.165) is 18.8 Å². The van der Waals surface area contributed by atoms with E-state index in [0.29, 0.717) is 11.4 Å². The summed E-state index contributed by atoms with van der Waals surface area (Å²) in [5.74, 6) is 1.05. The van der Waals surface area contributed by atoms with Crippen molar-refractivity contribution in [2.75, 3.05) is 12.4 Å². The lowest BCUT2D eigenvalue weighted by molar-refractivity contribution is 0.127. The molecule has 0 bridgehead atoms. The third kappa shape index (κ3) is 3.33. The van der Waals surface area contributed by atoms with Gasteiger partial charge in [0.05, 0.1) is 12.2 Å². The fraction of sp³-hybridized carbons (Fsp3) is 1.00. The van der Waals surface area contributed by atoms with Gasteiger partial charge in [-0.3, -0.25) is 0 Å². The van der Waals surface area contributed by atoms with E-state index >= 15 is 0 Å². The molecule has 1 aliphatic rings. The van der Waals surface area contributed by atoms with Crippen LogP contribution in [0.25, 0.3) is 0 Å². The molecule has 72 valence electrons. The van der Waals surface area contributed by atoms with Crippen LogP contribution in [0.2, 0.25) is 0 Å². The van der Waals surface area contributed by atoms with E-state index in [2.05, 4.69) is 6.92 Å². The second kappa shape index (κ2) is 5.10. The van der Waals surface area contributed by atoms with Gasteiger partial charge in [-0.05, 0) is 32.4 Å². The minimum absolute atomic E-state index is 0.157. The van der Waals surface area contributed by atoms with E-state index in [9.17, 15) is 0 Å². The normalized spacial score (nSPS) is 32.2. The molecular formula is C9H18O2S. The first-order valence-corrected chi connectivity index (χ1v) is 5.66. The van der Waals surface area contributed by atoms with Gasteiger partial charge in [0.15, 0.2) is 0 Å². The molecule has 0 aromatic rings. The maximum atomic E-state index is 9.05. The Morgan fingerprint density at radius 3 is 2.92 bits per heavy atom. The van der Waals surface area contributed by atoms with Crippen molar-refractivity contribution in [2.45, 2.75) is 44.1 Å². The fourth-order valence-electron chi connectivity index (χ4n) is 1.32. The van der Waals surface area contributed by atoms with Crippen LogP contribution >= 0.6 is 11.8 Å². The van der Waals surface area contributed by atoms with Gasteiger partial charge in [-0.15, -0.1) is 0 Å². The average Bonchev–Trinajstić information content (AvgIpc) is 2.36. The molecule has 3 atom stereocenters. The Morgan fingerprint density at radius 1 is 1.67 bits per heavy atom. The number of rotatable bonds is 4. The second-order valence-corrected chi connectivity index (χ2v) is 4.76. The van der Waals surface area contributed by atoms with Crippen LogP contribution in [0, 0.1) is 0 Å². The molecule has 2 nitrogen and oxygen atoms in total. The van der Waals surface area contributed by atoms with Gasteiger partial charge in [0.2, 0.25) is 0 Å². The van der Waals surface area contributed by atoms with E-state index in [1.165, 1.54) is 6.42 Å². The van der Waals surface area contributed by atoms with Crippen molar-refractivity contribution >= 4 is 11.8 Å². The minimum atomic E-state index is -0.157. The number of hydrogen-bond acceptors (Lipinski definition) is 3. The molecule has 0 saturated carbocycles. The molecule has 1 N–H and O–H groups in total. The lowest BCUT2D eigenvalue weighted by Gasteiger charge is -2.13. The number of ether oxygens (including phenoxy) is 1. The lowest BCUT2D eigenvalue weighted by Crippen LogP contribution is -2.14. The molecule has 1 fully saturated rings. The van der Waals surface area contributed by atoms with Gasteiger partial charge in [-0.1, -0.05) is 0 Å². The number of hydrogen-bond donors (Lipinski definition) is 1. The Hall–Kier alpha value is 0.270. The van der Waals surface area contributed by atoms with Crippen molar-refractivity contribution in [3.8, 4) is 0 Å². The fourth-order valence-corrected chi connectivity index (χ4v) is 2.71. The average molecular weight is 190 g/mol. The zero-order chi connectivity index (χ0) is 8.97. The lowest BCUT2D eigenvalue weighted by atomic mass is 10.3. The topological polar surface area (TPSA) is 29.5 Å². The molecule has 3 unspecified atom stereocenters. The monoisotopic (exact) mass is 190 g/mol. The summed E-state index contributed by atoms with van der Waals surface area (Å²) in [6.45, 7) is 4.88. The second-order valence-electron chi connectivity index (χ2n) is 3.41. The molecule has 1 heterocycles. The molecule has 12 heavy (non-hydrogen) atoms. The predicted molar refractivity (Wildman–Crippen MR) is 52.6 cm³/mol. The summed E-state index contributed by atoms with van der Waals surface area (Å²) in [6, 6.07) is 0. The van der Waals surface area contributed by atoms with Crippen LogP contribution in [-0.4, -0.2) is 34.9 Å². The highest BCUT2D eigenvalue weighted by Gasteiger charge is 2.23. The first kappa shape index (κ1) is 10.4. The summed E-state index contributed by atoms with van der Waals surface area (Å²) in [5.41, 5.74) is 0. The molecule has 0 spiro atoms. The summed E-state index contributed by atoms with van der Waals surface area (Å²) in [4.78, 5) is 0. The highest BCUT2D eigenvalue weighted by Crippen LogP contribution is 2.26. The third-order valence-electron chi connectivity index (χ3n) is 2.17. The van der Waals surface area contributed by atoms with Gasteiger partial charge < -0.3 is 9.84 Å². The van der Waals surface area contributed by atoms with Gasteiger partial charge in [-0.25, -0.2) is 0 Å². The number of aliphatic hydroxyl groups excluding tert-OH is 1. The maximum absolute atomic E-state index is 9.05. The predicted octanol–water partition coefficient (Wildman–Crippen LogP) is 1.67. The van der Waals surface area contributed by atoms with Crippen molar-refractivity contribution in [1.82, 2.24) is 0 Å². The summed E-state index contributed by atoms with van der Waals surface area (Å²) in [6.07, 6.45) is 2.32. The van der Waals surface area contributed by atoms with Crippen LogP contribution in [0.15, 0.2) is 0 Å². The Labute approximate surface area is 78.7 Å². The highest BCUT2D eigenvalue weighted by atomic mass is 32.2. The summed E-state index contributed by atoms with van der Waals surface area (Å²) in [7, 11) is 0. The van der Waals surface area contributed by atoms with Crippen LogP contribution in [-0.2, 0) is 4.74 Å². The van der Waals surface area contributed by atoms with Crippen molar-refractivity contribution in [3.05, 3.63) is 0 Å². The van der Waals surface area contributed by atoms with Crippen LogP contribution < -0.4 is 0 Å². The van der Waals surface area contributed by atoms with E-state index in [1.54, 1.807) is 0 Å². The molecule has 1 saturated heterocycles. The highest BCUT2D eigenvalue weighted by molar-refractivity contribution is 7.99. The largest absolute Gasteiger partial charge is 0.393 e. The van der Waals surface area contributed by atoms with Gasteiger partial charge in [0.1, 0.15) is 0 Å². The molecule has 0 aromatic carbocycles. The van der Waals surface area contributed by atoms with Gasteiger partial charge in [0, 0.05) is 11.9 Å². The van der Waals surface area contributed by atoms with Crippen molar-refractivity contribution in [2.24, 2.45) is 0 Å². The van der Waals surface area contributed by atoms with Crippen LogP contribution in [0.1, 0.15) is 26.7 Å². The minimum Gasteiger partial charge on any atom is -0.393 e. The molecule has 0 aliphatic carbocycles. The van der Waals surface area contributed by atoms with Crippen molar-refractivity contribution < 1.29 is 9.84 Å². The van der Waals surface area contributed by atoms with Crippen LogP contribution in [0.4, 0.5) is 0 Å². The zero-order valence-corrected chi connectivity index (χ0v) is 8.64. The molecule has 0 amide bonds. The Kier molecular flexibility index (Phi) is 4.40. The molecule has 0 radical (unpaired) electrons. The van der Waals surface area contributed by atoms with E-state index in [4.69, 9.17) is 9.84 Å². The molecule has 3 heteroatoms. The summed E-state index contributed by atoms with van der Waals surface area (Å²) < 4.78 is 5.44. The number of aliphatic hydroxyl groups is 1. The van der Waals surface area contributed by atoms with E-state index in [1.807, 2.05) is 18.7 Å². The first-order chi connectivity index (χ1) is 5.70. The SMILES string of the molecule is CC(O)CCSC1CCOC1C. The molecule has 1 rings (SSSR count). The summed E-state index contributed by atoms with van der Waals surface area (Å²) in [5, 5.41) is 9.70. The molecular weight excluding hydrogens is 172 g/mol. The van der Waals surface area contributed by atoms with Crippen molar-refractivity contribution in [3.63, 3.8) is 0 Å². The molecule has 1 aliphatic heterocycles. The Bertz CT molecular complexity index is 128. The van der Waals surface area contributed by atoms with Gasteiger partial charge in [0.25, 0.3) is 0 Å². The quantitative estimate of drug-likeness (QED) is 0.731. The van der Waals surface area contributed by atoms with Gasteiger partial charge in [-0.2, -0.15) is 11.8 Å². The number of thioether (sulfide) groups is 1. The smallest absolute Gasteiger partial charge is 0.0666 e. The summed E-state index contributed by atoms with van der Waals surface area (Å²) >= 11 is 1.94. The van der Waals surface area contributed by atoms with Crippen LogP contribution in [0.5, 0.6) is 0 Å². The zero-order valence-electron chi connectivity index (χ0n) is 7.82. The molecule has 0 aromatic heterocycles. The van der Waals surface area contributed by atoms with Gasteiger partial charge >= 0.3 is 0 Å². The van der Waals surface area contributed by atoms with Crippen molar-refractivity contribution in [1.29, 1.82) is 0 Å². The van der Waals surface area contributed by atoms with E-state index in [-0.39, 0.29) is 6.10 Å². The first-order valence-electron chi connectivity index (χ1n) is 4.61. The maximum Gasteiger partial charge on any atom is 0.0666 e.